The molecule has 0 atom stereocenters. The van der Waals surface area contributed by atoms with E-state index in [2.05, 4.69) is 21.6 Å². The molecule has 3 aromatic rings. The highest BCUT2D eigenvalue weighted by Gasteiger charge is 2.35. The molecule has 0 radical (unpaired) electrons. The first-order chi connectivity index (χ1) is 16.1. The lowest BCUT2D eigenvalue weighted by atomic mass is 10.0. The fraction of sp³-hybridized carbons (Fsp3) is 0.333. The zero-order chi connectivity index (χ0) is 23.1. The van der Waals surface area contributed by atoms with Crippen molar-refractivity contribution in [2.24, 2.45) is 0 Å². The lowest BCUT2D eigenvalue weighted by Gasteiger charge is -2.21. The molecule has 0 aliphatic heterocycles. The first-order valence-electron chi connectivity index (χ1n) is 10.7. The van der Waals surface area contributed by atoms with E-state index in [1.54, 1.807) is 7.11 Å². The lowest BCUT2D eigenvalue weighted by molar-refractivity contribution is -0.119. The van der Waals surface area contributed by atoms with Gasteiger partial charge in [-0.2, -0.15) is 5.26 Å². The molecule has 1 amide bonds. The number of aromatic nitrogens is 3. The second-order valence-electron chi connectivity index (χ2n) is 7.77. The van der Waals surface area contributed by atoms with Gasteiger partial charge in [0.25, 0.3) is 0 Å². The smallest absolute Gasteiger partial charge is 0.231 e. The molecule has 1 fully saturated rings. The molecule has 8 nitrogen and oxygen atoms in total. The number of benzene rings is 2. The van der Waals surface area contributed by atoms with Crippen LogP contribution in [0.1, 0.15) is 31.5 Å². The van der Waals surface area contributed by atoms with Gasteiger partial charge in [-0.25, -0.2) is 0 Å². The van der Waals surface area contributed by atoms with E-state index in [1.807, 2.05) is 59.2 Å². The molecule has 1 aromatic heterocycles. The average molecular weight is 464 g/mol. The molecule has 2 aromatic carbocycles. The zero-order valence-corrected chi connectivity index (χ0v) is 19.2. The van der Waals surface area contributed by atoms with Gasteiger partial charge in [-0.3, -0.25) is 9.36 Å². The molecule has 1 heterocycles. The number of nitrogens with zero attached hydrogens (tertiary/aromatic N) is 4. The van der Waals surface area contributed by atoms with E-state index in [-0.39, 0.29) is 18.3 Å². The Hall–Kier alpha value is -3.51. The molecule has 9 heteroatoms. The monoisotopic (exact) mass is 463 g/mol. The first-order valence-corrected chi connectivity index (χ1v) is 11.7. The number of hydrogen-bond donors (Lipinski definition) is 1. The van der Waals surface area contributed by atoms with Crippen molar-refractivity contribution in [3.63, 3.8) is 0 Å². The summed E-state index contributed by atoms with van der Waals surface area (Å²) in [6.45, 7) is 0.207. The number of para-hydroxylation sites is 1. The minimum Gasteiger partial charge on any atom is -0.497 e. The Kier molecular flexibility index (Phi) is 7.15. The van der Waals surface area contributed by atoms with Gasteiger partial charge in [0.05, 0.1) is 18.9 Å². The Morgan fingerprint density at radius 3 is 2.48 bits per heavy atom. The third kappa shape index (κ3) is 5.46. The number of hydrogen-bond acceptors (Lipinski definition) is 7. The van der Waals surface area contributed by atoms with Crippen LogP contribution >= 0.6 is 11.8 Å². The number of rotatable bonds is 9. The Morgan fingerprint density at radius 1 is 1.12 bits per heavy atom. The normalized spacial score (nSPS) is 14.4. The summed E-state index contributed by atoms with van der Waals surface area (Å²) >= 11 is 1.29. The van der Waals surface area contributed by atoms with Crippen LogP contribution < -0.4 is 14.8 Å². The number of carbonyl (C=O) groups is 1. The van der Waals surface area contributed by atoms with Gasteiger partial charge in [-0.05, 0) is 62.1 Å². The van der Waals surface area contributed by atoms with E-state index >= 15 is 0 Å². The maximum absolute atomic E-state index is 12.6. The quantitative estimate of drug-likeness (QED) is 0.480. The number of nitrogens with one attached hydrogen (secondary N) is 1. The van der Waals surface area contributed by atoms with Gasteiger partial charge in [-0.15, -0.1) is 10.2 Å². The van der Waals surface area contributed by atoms with Crippen LogP contribution in [0.5, 0.6) is 11.5 Å². The van der Waals surface area contributed by atoms with Crippen LogP contribution in [0.3, 0.4) is 0 Å². The summed E-state index contributed by atoms with van der Waals surface area (Å²) in [5.41, 5.74) is 0.144. The van der Waals surface area contributed by atoms with E-state index in [0.29, 0.717) is 29.6 Å². The Bertz CT molecular complexity index is 1120. The fourth-order valence-corrected chi connectivity index (χ4v) is 4.59. The molecule has 0 spiro atoms. The molecule has 1 saturated carbocycles. The van der Waals surface area contributed by atoms with Crippen molar-refractivity contribution in [2.75, 3.05) is 12.9 Å². The predicted molar refractivity (Wildman–Crippen MR) is 124 cm³/mol. The molecule has 1 aliphatic rings. The summed E-state index contributed by atoms with van der Waals surface area (Å²) in [6, 6.07) is 19.3. The minimum atomic E-state index is -0.734. The van der Waals surface area contributed by atoms with Gasteiger partial charge in [0.2, 0.25) is 5.91 Å². The molecule has 0 bridgehead atoms. The molecule has 0 saturated heterocycles. The highest BCUT2D eigenvalue weighted by atomic mass is 32.2. The van der Waals surface area contributed by atoms with Gasteiger partial charge in [0, 0.05) is 5.69 Å². The molecule has 170 valence electrons. The molecule has 1 aliphatic carbocycles. The standard InChI is InChI=1S/C24H25N5O3S/c1-31-19-9-11-20(12-10-19)32-15-21-27-28-23(29(21)18-7-3-2-4-8-18)33-16-22(30)26-24(17-25)13-5-6-14-24/h2-4,7-12H,5-6,13-16H2,1H3,(H,26,30). The maximum atomic E-state index is 12.6. The summed E-state index contributed by atoms with van der Waals surface area (Å²) in [4.78, 5) is 12.6. The molecule has 0 unspecified atom stereocenters. The van der Waals surface area contributed by atoms with Crippen molar-refractivity contribution in [3.05, 3.63) is 60.4 Å². The van der Waals surface area contributed by atoms with Crippen molar-refractivity contribution < 1.29 is 14.3 Å². The van der Waals surface area contributed by atoms with Gasteiger partial charge in [-0.1, -0.05) is 30.0 Å². The van der Waals surface area contributed by atoms with E-state index < -0.39 is 5.54 Å². The third-order valence-electron chi connectivity index (χ3n) is 5.52. The summed E-state index contributed by atoms with van der Waals surface area (Å²) in [6.07, 6.45) is 3.32. The summed E-state index contributed by atoms with van der Waals surface area (Å²) in [7, 11) is 1.62. The minimum absolute atomic E-state index is 0.147. The summed E-state index contributed by atoms with van der Waals surface area (Å²) in [5, 5.41) is 21.6. The molecule has 33 heavy (non-hydrogen) atoms. The van der Waals surface area contributed by atoms with Crippen molar-refractivity contribution in [3.8, 4) is 23.3 Å². The Labute approximate surface area is 196 Å². The van der Waals surface area contributed by atoms with Crippen LogP contribution in [-0.4, -0.2) is 39.1 Å². The van der Waals surface area contributed by atoms with Crippen LogP contribution in [0.25, 0.3) is 5.69 Å². The fourth-order valence-electron chi connectivity index (χ4n) is 3.82. The number of methoxy groups -OCH3 is 1. The zero-order valence-electron chi connectivity index (χ0n) is 18.4. The molecule has 1 N–H and O–H groups in total. The van der Waals surface area contributed by atoms with E-state index in [1.165, 1.54) is 11.8 Å². The summed E-state index contributed by atoms with van der Waals surface area (Å²) < 4.78 is 13.0. The lowest BCUT2D eigenvalue weighted by Crippen LogP contribution is -2.45. The maximum Gasteiger partial charge on any atom is 0.231 e. The number of ether oxygens (including phenoxy) is 2. The predicted octanol–water partition coefficient (Wildman–Crippen LogP) is 3.90. The van der Waals surface area contributed by atoms with Gasteiger partial charge < -0.3 is 14.8 Å². The van der Waals surface area contributed by atoms with E-state index in [4.69, 9.17) is 9.47 Å². The molecule has 4 rings (SSSR count). The van der Waals surface area contributed by atoms with E-state index in [0.717, 1.165) is 24.3 Å². The Balaban J connectivity index is 1.47. The Morgan fingerprint density at radius 2 is 1.82 bits per heavy atom. The van der Waals surface area contributed by atoms with Gasteiger partial charge >= 0.3 is 0 Å². The highest BCUT2D eigenvalue weighted by Crippen LogP contribution is 2.29. The first kappa shape index (κ1) is 22.7. The number of carbonyl (C=O) groups excluding carboxylic acids is 1. The topological polar surface area (TPSA) is 102 Å². The number of nitriles is 1. The number of thioether (sulfide) groups is 1. The largest absolute Gasteiger partial charge is 0.497 e. The number of amides is 1. The van der Waals surface area contributed by atoms with Crippen molar-refractivity contribution in [1.29, 1.82) is 5.26 Å². The molecular formula is C24H25N5O3S. The third-order valence-corrected chi connectivity index (χ3v) is 6.45. The average Bonchev–Trinajstić information content (AvgIpc) is 3.49. The van der Waals surface area contributed by atoms with E-state index in [9.17, 15) is 10.1 Å². The second kappa shape index (κ2) is 10.4. The van der Waals surface area contributed by atoms with Crippen LogP contribution in [0.4, 0.5) is 0 Å². The van der Waals surface area contributed by atoms with Crippen LogP contribution in [0.2, 0.25) is 0 Å². The van der Waals surface area contributed by atoms with Crippen molar-refractivity contribution >= 4 is 17.7 Å². The second-order valence-corrected chi connectivity index (χ2v) is 8.71. The van der Waals surface area contributed by atoms with Crippen LogP contribution in [-0.2, 0) is 11.4 Å². The van der Waals surface area contributed by atoms with Crippen molar-refractivity contribution in [1.82, 2.24) is 20.1 Å². The highest BCUT2D eigenvalue weighted by molar-refractivity contribution is 7.99. The van der Waals surface area contributed by atoms with Gasteiger partial charge in [0.15, 0.2) is 11.0 Å². The van der Waals surface area contributed by atoms with Crippen molar-refractivity contribution in [2.45, 2.75) is 43.0 Å². The van der Waals surface area contributed by atoms with Gasteiger partial charge in [0.1, 0.15) is 23.6 Å². The van der Waals surface area contributed by atoms with Crippen LogP contribution in [0.15, 0.2) is 59.8 Å². The molecular weight excluding hydrogens is 438 g/mol. The summed E-state index contributed by atoms with van der Waals surface area (Å²) in [5.74, 6) is 2.02. The van der Waals surface area contributed by atoms with Crippen LogP contribution in [0, 0.1) is 11.3 Å². The SMILES string of the molecule is COc1ccc(OCc2nnc(SCC(=O)NC3(C#N)CCCC3)n2-c2ccccc2)cc1.